The molecule has 9 nitrogen and oxygen atoms in total. The average molecular weight is 537 g/mol. The molecule has 2 aromatic carbocycles. The molecule has 0 spiro atoms. The first kappa shape index (κ1) is 24.5. The molecule has 0 bridgehead atoms. The topological polar surface area (TPSA) is 103 Å². The summed E-state index contributed by atoms with van der Waals surface area (Å²) >= 11 is 12.2. The van der Waals surface area contributed by atoms with Gasteiger partial charge in [0.05, 0.1) is 47.5 Å². The van der Waals surface area contributed by atoms with Crippen molar-refractivity contribution in [2.24, 2.45) is 0 Å². The summed E-state index contributed by atoms with van der Waals surface area (Å²) in [5.41, 5.74) is 2.04. The van der Waals surface area contributed by atoms with Crippen LogP contribution in [0.2, 0.25) is 5.02 Å². The maximum atomic E-state index is 11.2. The van der Waals surface area contributed by atoms with Crippen LogP contribution in [0.15, 0.2) is 77.3 Å². The van der Waals surface area contributed by atoms with Crippen LogP contribution in [0.3, 0.4) is 0 Å². The van der Waals surface area contributed by atoms with E-state index in [9.17, 15) is 10.1 Å². The number of thiocarbonyl (C=S) groups is 1. The first-order valence-corrected chi connectivity index (χ1v) is 12.0. The summed E-state index contributed by atoms with van der Waals surface area (Å²) in [7, 11) is 3.01. The molecule has 1 aliphatic rings. The van der Waals surface area contributed by atoms with Gasteiger partial charge >= 0.3 is 0 Å². The number of halogens is 1. The van der Waals surface area contributed by atoms with Crippen molar-refractivity contribution in [1.29, 1.82) is 0 Å². The van der Waals surface area contributed by atoms with E-state index in [2.05, 4.69) is 10.3 Å². The molecule has 188 valence electrons. The van der Waals surface area contributed by atoms with Gasteiger partial charge in [-0.3, -0.25) is 15.1 Å². The van der Waals surface area contributed by atoms with Gasteiger partial charge in [0.1, 0.15) is 29.1 Å². The van der Waals surface area contributed by atoms with Crippen LogP contribution in [0, 0.1) is 10.1 Å². The fraction of sp³-hybridized carbons (Fsp3) is 0.154. The van der Waals surface area contributed by atoms with Gasteiger partial charge in [-0.15, -0.1) is 0 Å². The monoisotopic (exact) mass is 536 g/mol. The number of benzene rings is 2. The van der Waals surface area contributed by atoms with Crippen LogP contribution < -0.4 is 19.7 Å². The summed E-state index contributed by atoms with van der Waals surface area (Å²) in [5.74, 6) is 1.97. The number of methoxy groups -OCH3 is 2. The van der Waals surface area contributed by atoms with Crippen molar-refractivity contribution in [3.63, 3.8) is 0 Å². The van der Waals surface area contributed by atoms with Crippen molar-refractivity contribution in [3.8, 4) is 22.8 Å². The van der Waals surface area contributed by atoms with Gasteiger partial charge < -0.3 is 24.1 Å². The largest absolute Gasteiger partial charge is 0.496 e. The molecular formula is C26H21ClN4O5S. The normalized spacial score (nSPS) is 16.9. The van der Waals surface area contributed by atoms with Gasteiger partial charge in [0, 0.05) is 18.0 Å². The maximum Gasteiger partial charge on any atom is 0.273 e. The van der Waals surface area contributed by atoms with Crippen molar-refractivity contribution in [3.05, 3.63) is 99.5 Å². The number of anilines is 1. The zero-order valence-electron chi connectivity index (χ0n) is 19.8. The van der Waals surface area contributed by atoms with E-state index in [0.717, 1.165) is 11.4 Å². The number of aromatic nitrogens is 1. The first-order valence-electron chi connectivity index (χ1n) is 11.2. The van der Waals surface area contributed by atoms with Gasteiger partial charge in [0.2, 0.25) is 0 Å². The summed E-state index contributed by atoms with van der Waals surface area (Å²) in [5, 5.41) is 15.5. The zero-order valence-corrected chi connectivity index (χ0v) is 21.3. The van der Waals surface area contributed by atoms with Crippen LogP contribution in [0.1, 0.15) is 23.5 Å². The fourth-order valence-electron chi connectivity index (χ4n) is 4.38. The number of hydrogen-bond acceptors (Lipinski definition) is 7. The maximum absolute atomic E-state index is 11.2. The third-order valence-electron chi connectivity index (χ3n) is 6.09. The highest BCUT2D eigenvalue weighted by Gasteiger charge is 2.42. The van der Waals surface area contributed by atoms with E-state index in [1.165, 1.54) is 19.2 Å². The van der Waals surface area contributed by atoms with Gasteiger partial charge in [-0.25, -0.2) is 0 Å². The summed E-state index contributed by atoms with van der Waals surface area (Å²) in [6, 6.07) is 18.4. The molecule has 1 saturated heterocycles. The Hall–Kier alpha value is -4.15. The van der Waals surface area contributed by atoms with Crippen LogP contribution in [0.4, 0.5) is 11.4 Å². The lowest BCUT2D eigenvalue weighted by atomic mass is 10.0. The van der Waals surface area contributed by atoms with Crippen molar-refractivity contribution < 1.29 is 18.8 Å². The minimum absolute atomic E-state index is 0.0736. The highest BCUT2D eigenvalue weighted by Crippen LogP contribution is 2.45. The molecule has 0 amide bonds. The summed E-state index contributed by atoms with van der Waals surface area (Å²) in [6.07, 6.45) is 1.72. The van der Waals surface area contributed by atoms with E-state index in [0.29, 0.717) is 38.7 Å². The molecule has 11 heteroatoms. The lowest BCUT2D eigenvalue weighted by molar-refractivity contribution is -0.384. The van der Waals surface area contributed by atoms with E-state index < -0.39 is 11.0 Å². The number of non-ortho nitro benzene ring substituents is 1. The van der Waals surface area contributed by atoms with Crippen molar-refractivity contribution in [2.75, 3.05) is 19.1 Å². The average Bonchev–Trinajstić information content (AvgIpc) is 3.53. The Labute approximate surface area is 222 Å². The number of nitrogens with zero attached hydrogens (tertiary/aromatic N) is 3. The van der Waals surface area contributed by atoms with Gasteiger partial charge in [-0.2, -0.15) is 0 Å². The van der Waals surface area contributed by atoms with E-state index in [1.807, 2.05) is 35.2 Å². The Morgan fingerprint density at radius 1 is 1.08 bits per heavy atom. The van der Waals surface area contributed by atoms with Crippen molar-refractivity contribution in [1.82, 2.24) is 10.3 Å². The minimum Gasteiger partial charge on any atom is -0.496 e. The molecule has 0 aliphatic carbocycles. The molecule has 1 fully saturated rings. The number of rotatable bonds is 7. The SMILES string of the molecule is COc1ccc(N2C(=S)N[C@@H](c3ccccn3)[C@@H]2c2ccc(-c3ccc([N+](=O)[O-])cc3OC)o2)cc1Cl. The molecule has 0 radical (unpaired) electrons. The third kappa shape index (κ3) is 4.56. The van der Waals surface area contributed by atoms with Crippen LogP contribution in [-0.2, 0) is 0 Å². The number of hydrogen-bond donors (Lipinski definition) is 1. The Morgan fingerprint density at radius 3 is 2.57 bits per heavy atom. The van der Waals surface area contributed by atoms with Crippen LogP contribution >= 0.6 is 23.8 Å². The second-order valence-electron chi connectivity index (χ2n) is 8.16. The molecule has 1 aliphatic heterocycles. The standard InChI is InChI=1S/C26H21ClN4O5S/c1-34-21-9-7-15(13-18(21)27)30-25(24(29-26(30)37)19-5-3-4-12-28-19)22-11-10-20(36-22)17-8-6-16(31(32)33)14-23(17)35-2/h3-14,24-25H,1-2H3,(H,29,37)/t24-,25-/m0/s1. The summed E-state index contributed by atoms with van der Waals surface area (Å²) in [4.78, 5) is 17.2. The quantitative estimate of drug-likeness (QED) is 0.170. The molecular weight excluding hydrogens is 516 g/mol. The second kappa shape index (κ2) is 10.1. The number of nitrogens with one attached hydrogen (secondary N) is 1. The zero-order chi connectivity index (χ0) is 26.1. The molecule has 0 saturated carbocycles. The van der Waals surface area contributed by atoms with Crippen LogP contribution in [0.5, 0.6) is 11.5 Å². The van der Waals surface area contributed by atoms with E-state index in [4.69, 9.17) is 37.7 Å². The lowest BCUT2D eigenvalue weighted by Gasteiger charge is -2.26. The number of furan rings is 1. The predicted octanol–water partition coefficient (Wildman–Crippen LogP) is 6.10. The molecule has 5 rings (SSSR count). The first-order chi connectivity index (χ1) is 17.9. The van der Waals surface area contributed by atoms with Gasteiger partial charge in [-0.05, 0) is 60.7 Å². The molecule has 0 unspecified atom stereocenters. The van der Waals surface area contributed by atoms with Gasteiger partial charge in [0.15, 0.2) is 5.11 Å². The number of nitro benzene ring substituents is 1. The molecule has 1 N–H and O–H groups in total. The molecule has 3 heterocycles. The lowest BCUT2D eigenvalue weighted by Crippen LogP contribution is -2.29. The Kier molecular flexibility index (Phi) is 6.68. The van der Waals surface area contributed by atoms with Crippen molar-refractivity contribution >= 4 is 40.3 Å². The highest BCUT2D eigenvalue weighted by molar-refractivity contribution is 7.80. The molecule has 2 aromatic heterocycles. The Morgan fingerprint density at radius 2 is 1.89 bits per heavy atom. The minimum atomic E-state index is -0.472. The van der Waals surface area contributed by atoms with Crippen LogP contribution in [-0.4, -0.2) is 29.2 Å². The number of pyridine rings is 1. The Bertz CT molecular complexity index is 1480. The highest BCUT2D eigenvalue weighted by atomic mass is 35.5. The number of nitro groups is 1. The summed E-state index contributed by atoms with van der Waals surface area (Å²) < 4.78 is 17.1. The Balaban J connectivity index is 1.60. The molecule has 2 atom stereocenters. The molecule has 37 heavy (non-hydrogen) atoms. The fourth-order valence-corrected chi connectivity index (χ4v) is 4.98. The third-order valence-corrected chi connectivity index (χ3v) is 6.70. The van der Waals surface area contributed by atoms with E-state index in [-0.39, 0.29) is 11.7 Å². The second-order valence-corrected chi connectivity index (χ2v) is 8.95. The van der Waals surface area contributed by atoms with Gasteiger partial charge in [0.25, 0.3) is 5.69 Å². The van der Waals surface area contributed by atoms with E-state index in [1.54, 1.807) is 37.6 Å². The molecule has 4 aromatic rings. The smallest absolute Gasteiger partial charge is 0.273 e. The van der Waals surface area contributed by atoms with Crippen LogP contribution in [0.25, 0.3) is 11.3 Å². The predicted molar refractivity (Wildman–Crippen MR) is 143 cm³/mol. The number of ether oxygens (including phenoxy) is 2. The van der Waals surface area contributed by atoms with Gasteiger partial charge in [-0.1, -0.05) is 17.7 Å². The van der Waals surface area contributed by atoms with E-state index >= 15 is 0 Å². The summed E-state index contributed by atoms with van der Waals surface area (Å²) in [6.45, 7) is 0. The van der Waals surface area contributed by atoms with Crippen molar-refractivity contribution in [2.45, 2.75) is 12.1 Å².